The molecule has 184 valence electrons. The molecule has 0 aromatic heterocycles. The molecule has 2 saturated heterocycles. The normalized spacial score (nSPS) is 18.2. The van der Waals surface area contributed by atoms with Crippen LogP contribution in [0, 0.1) is 0 Å². The number of carbonyl (C=O) groups excluding carboxylic acids is 1. The fraction of sp³-hybridized carbons (Fsp3) is 0.480. The van der Waals surface area contributed by atoms with Crippen LogP contribution < -0.4 is 14.4 Å². The van der Waals surface area contributed by atoms with Crippen molar-refractivity contribution in [2.24, 2.45) is 0 Å². The van der Waals surface area contributed by atoms with E-state index in [2.05, 4.69) is 17.3 Å². The number of likely N-dealkylation sites (N-methyl/N-ethyl adjacent to an activating group) is 1. The maximum atomic E-state index is 12.7. The van der Waals surface area contributed by atoms with Crippen LogP contribution in [0.2, 0.25) is 0 Å². The zero-order chi connectivity index (χ0) is 24.0. The molecule has 1 amide bonds. The summed E-state index contributed by atoms with van der Waals surface area (Å²) in [4.78, 5) is 15.0. The minimum Gasteiger partial charge on any atom is -0.492 e. The Bertz CT molecular complexity index is 1090. The maximum Gasteiger partial charge on any atom is 0.251 e. The van der Waals surface area contributed by atoms with Gasteiger partial charge in [0.1, 0.15) is 12.4 Å². The van der Waals surface area contributed by atoms with Gasteiger partial charge in [-0.05, 0) is 62.2 Å². The van der Waals surface area contributed by atoms with Gasteiger partial charge in [0.15, 0.2) is 0 Å². The lowest BCUT2D eigenvalue weighted by Crippen LogP contribution is -2.38. The zero-order valence-electron chi connectivity index (χ0n) is 19.6. The van der Waals surface area contributed by atoms with Gasteiger partial charge in [0.2, 0.25) is 10.0 Å². The molecule has 0 spiro atoms. The molecule has 2 aliphatic rings. The molecule has 0 saturated carbocycles. The quantitative estimate of drug-likeness (QED) is 0.585. The summed E-state index contributed by atoms with van der Waals surface area (Å²) in [6.07, 6.45) is 2.72. The van der Waals surface area contributed by atoms with Gasteiger partial charge >= 0.3 is 0 Å². The fourth-order valence-electron chi connectivity index (χ4n) is 4.38. The smallest absolute Gasteiger partial charge is 0.251 e. The molecular formula is C25H33N3O5S. The van der Waals surface area contributed by atoms with Crippen molar-refractivity contribution in [1.29, 1.82) is 0 Å². The van der Waals surface area contributed by atoms with Gasteiger partial charge in [-0.3, -0.25) is 14.0 Å². The first kappa shape index (κ1) is 24.5. The SMILES string of the molecule is CN(CCOc1cccc(CNC(=O)c2cccc(N3CCCS3(=O)=O)c2)c1)C1CCOCC1. The fourth-order valence-corrected chi connectivity index (χ4v) is 5.93. The Kier molecular flexibility index (Phi) is 8.07. The van der Waals surface area contributed by atoms with Crippen LogP contribution in [-0.2, 0) is 21.3 Å². The molecule has 2 aliphatic heterocycles. The Balaban J connectivity index is 1.28. The number of anilines is 1. The predicted molar refractivity (Wildman–Crippen MR) is 132 cm³/mol. The van der Waals surface area contributed by atoms with Gasteiger partial charge < -0.3 is 14.8 Å². The van der Waals surface area contributed by atoms with Crippen LogP contribution in [0.3, 0.4) is 0 Å². The lowest BCUT2D eigenvalue weighted by atomic mass is 10.1. The molecule has 0 radical (unpaired) electrons. The number of sulfonamides is 1. The van der Waals surface area contributed by atoms with Crippen molar-refractivity contribution < 1.29 is 22.7 Å². The first-order chi connectivity index (χ1) is 16.4. The molecule has 2 aromatic rings. The number of benzene rings is 2. The van der Waals surface area contributed by atoms with E-state index in [1.165, 1.54) is 4.31 Å². The van der Waals surface area contributed by atoms with E-state index in [4.69, 9.17) is 9.47 Å². The average Bonchev–Trinajstić information content (AvgIpc) is 3.22. The van der Waals surface area contributed by atoms with Gasteiger partial charge in [-0.15, -0.1) is 0 Å². The van der Waals surface area contributed by atoms with Gasteiger partial charge in [0.25, 0.3) is 5.91 Å². The number of nitrogens with zero attached hydrogens (tertiary/aromatic N) is 2. The zero-order valence-corrected chi connectivity index (χ0v) is 20.4. The molecule has 0 unspecified atom stereocenters. The van der Waals surface area contributed by atoms with E-state index in [0.29, 0.717) is 43.4 Å². The number of ether oxygens (including phenoxy) is 2. The molecule has 8 nitrogen and oxygen atoms in total. The van der Waals surface area contributed by atoms with Crippen molar-refractivity contribution >= 4 is 21.6 Å². The predicted octanol–water partition coefficient (Wildman–Crippen LogP) is 2.65. The van der Waals surface area contributed by atoms with Crippen LogP contribution >= 0.6 is 0 Å². The molecule has 34 heavy (non-hydrogen) atoms. The van der Waals surface area contributed by atoms with Crippen molar-refractivity contribution in [1.82, 2.24) is 10.2 Å². The Morgan fingerprint density at radius 1 is 1.18 bits per heavy atom. The molecule has 1 N–H and O–H groups in total. The molecule has 0 atom stereocenters. The Hall–Kier alpha value is -2.62. The van der Waals surface area contributed by atoms with Crippen molar-refractivity contribution in [3.8, 4) is 5.75 Å². The Morgan fingerprint density at radius 3 is 2.74 bits per heavy atom. The highest BCUT2D eigenvalue weighted by atomic mass is 32.2. The van der Waals surface area contributed by atoms with Gasteiger partial charge in [0.05, 0.1) is 11.4 Å². The summed E-state index contributed by atoms with van der Waals surface area (Å²) in [6.45, 7) is 3.89. The van der Waals surface area contributed by atoms with Gasteiger partial charge in [-0.2, -0.15) is 0 Å². The summed E-state index contributed by atoms with van der Waals surface area (Å²) in [5.74, 6) is 0.671. The van der Waals surface area contributed by atoms with E-state index >= 15 is 0 Å². The highest BCUT2D eigenvalue weighted by Gasteiger charge is 2.28. The monoisotopic (exact) mass is 487 g/mol. The second-order valence-electron chi connectivity index (χ2n) is 8.79. The van der Waals surface area contributed by atoms with Crippen LogP contribution in [-0.4, -0.2) is 71.0 Å². The van der Waals surface area contributed by atoms with E-state index in [9.17, 15) is 13.2 Å². The lowest BCUT2D eigenvalue weighted by molar-refractivity contribution is 0.0392. The molecule has 0 aliphatic carbocycles. The summed E-state index contributed by atoms with van der Waals surface area (Å²) in [5.41, 5.74) is 1.90. The summed E-state index contributed by atoms with van der Waals surface area (Å²) in [7, 11) is -1.16. The van der Waals surface area contributed by atoms with E-state index in [1.54, 1.807) is 24.3 Å². The minimum absolute atomic E-state index is 0.146. The maximum absolute atomic E-state index is 12.7. The van der Waals surface area contributed by atoms with E-state index in [1.807, 2.05) is 24.3 Å². The molecule has 9 heteroatoms. The van der Waals surface area contributed by atoms with E-state index in [0.717, 1.165) is 43.9 Å². The first-order valence-electron chi connectivity index (χ1n) is 11.8. The lowest BCUT2D eigenvalue weighted by Gasteiger charge is -2.31. The molecule has 2 fully saturated rings. The van der Waals surface area contributed by atoms with E-state index < -0.39 is 10.0 Å². The third-order valence-corrected chi connectivity index (χ3v) is 8.24. The number of nitrogens with one attached hydrogen (secondary N) is 1. The number of hydrogen-bond donors (Lipinski definition) is 1. The third-order valence-electron chi connectivity index (χ3n) is 6.37. The second kappa shape index (κ2) is 11.2. The van der Waals surface area contributed by atoms with Gasteiger partial charge in [0, 0.05) is 44.5 Å². The van der Waals surface area contributed by atoms with Gasteiger partial charge in [-0.1, -0.05) is 18.2 Å². The number of rotatable bonds is 9. The highest BCUT2D eigenvalue weighted by Crippen LogP contribution is 2.25. The Morgan fingerprint density at radius 2 is 1.97 bits per heavy atom. The minimum atomic E-state index is -3.28. The van der Waals surface area contributed by atoms with Crippen LogP contribution in [0.5, 0.6) is 5.75 Å². The van der Waals surface area contributed by atoms with Gasteiger partial charge in [-0.25, -0.2) is 8.42 Å². The number of hydrogen-bond acceptors (Lipinski definition) is 6. The summed E-state index contributed by atoms with van der Waals surface area (Å²) in [6, 6.07) is 15.0. The van der Waals surface area contributed by atoms with Crippen LogP contribution in [0.15, 0.2) is 48.5 Å². The molecule has 4 rings (SSSR count). The highest BCUT2D eigenvalue weighted by molar-refractivity contribution is 7.93. The van der Waals surface area contributed by atoms with Crippen LogP contribution in [0.1, 0.15) is 35.2 Å². The first-order valence-corrected chi connectivity index (χ1v) is 13.4. The summed E-state index contributed by atoms with van der Waals surface area (Å²) in [5, 5.41) is 2.92. The van der Waals surface area contributed by atoms with Crippen LogP contribution in [0.25, 0.3) is 0 Å². The summed E-state index contributed by atoms with van der Waals surface area (Å²) < 4.78 is 37.1. The molecule has 2 heterocycles. The largest absolute Gasteiger partial charge is 0.492 e. The number of amides is 1. The molecule has 0 bridgehead atoms. The third kappa shape index (κ3) is 6.28. The van der Waals surface area contributed by atoms with Crippen LogP contribution in [0.4, 0.5) is 5.69 Å². The topological polar surface area (TPSA) is 88.2 Å². The summed E-state index contributed by atoms with van der Waals surface area (Å²) >= 11 is 0. The van der Waals surface area contributed by atoms with E-state index in [-0.39, 0.29) is 11.7 Å². The average molecular weight is 488 g/mol. The molecule has 2 aromatic carbocycles. The number of carbonyl (C=O) groups is 1. The standard InChI is InChI=1S/C25H33N3O5S/c1-27(22-9-13-32-14-10-22)12-15-33-24-8-2-5-20(17-24)19-26-25(29)21-6-3-7-23(18-21)28-11-4-16-34(28,30)31/h2-3,5-8,17-18,22H,4,9-16,19H2,1H3,(H,26,29). The molecular weight excluding hydrogens is 454 g/mol. The second-order valence-corrected chi connectivity index (χ2v) is 10.8. The van der Waals surface area contributed by atoms with Crippen molar-refractivity contribution in [2.45, 2.75) is 31.8 Å². The van der Waals surface area contributed by atoms with Crippen molar-refractivity contribution in [2.75, 3.05) is 50.0 Å². The Labute approximate surface area is 201 Å². The van der Waals surface area contributed by atoms with Crippen molar-refractivity contribution in [3.63, 3.8) is 0 Å². The van der Waals surface area contributed by atoms with Crippen molar-refractivity contribution in [3.05, 3.63) is 59.7 Å².